The average molecular weight is 261 g/mol. The second-order valence-electron chi connectivity index (χ2n) is 7.61. The molecular formula is C16H27N3. The van der Waals surface area contributed by atoms with Crippen LogP contribution in [-0.2, 0) is 0 Å². The summed E-state index contributed by atoms with van der Waals surface area (Å²) in [5.41, 5.74) is 2.08. The molecule has 3 heteroatoms. The van der Waals surface area contributed by atoms with Gasteiger partial charge >= 0.3 is 0 Å². The van der Waals surface area contributed by atoms with Gasteiger partial charge in [0.25, 0.3) is 0 Å². The molecule has 3 unspecified atom stereocenters. The lowest BCUT2D eigenvalue weighted by molar-refractivity contribution is 0.142. The van der Waals surface area contributed by atoms with Crippen molar-refractivity contribution in [2.45, 2.75) is 66.0 Å². The molecule has 106 valence electrons. The zero-order valence-electron chi connectivity index (χ0n) is 12.9. The lowest BCUT2D eigenvalue weighted by Gasteiger charge is -2.39. The van der Waals surface area contributed by atoms with Gasteiger partial charge in [-0.1, -0.05) is 20.8 Å². The van der Waals surface area contributed by atoms with Crippen LogP contribution in [0.4, 0.5) is 5.69 Å². The first kappa shape index (κ1) is 13.0. The van der Waals surface area contributed by atoms with Crippen LogP contribution in [0.5, 0.6) is 0 Å². The van der Waals surface area contributed by atoms with E-state index in [0.717, 1.165) is 5.92 Å². The first-order valence-corrected chi connectivity index (χ1v) is 7.65. The van der Waals surface area contributed by atoms with Crippen LogP contribution < -0.4 is 5.32 Å². The van der Waals surface area contributed by atoms with Gasteiger partial charge in [0.05, 0.1) is 11.9 Å². The Hall–Kier alpha value is -0.990. The van der Waals surface area contributed by atoms with Crippen molar-refractivity contribution >= 4 is 5.69 Å². The molecule has 2 bridgehead atoms. The van der Waals surface area contributed by atoms with E-state index < -0.39 is 0 Å². The molecule has 0 spiro atoms. The molecule has 2 aliphatic carbocycles. The van der Waals surface area contributed by atoms with Crippen molar-refractivity contribution in [2.24, 2.45) is 16.7 Å². The Morgan fingerprint density at radius 3 is 2.58 bits per heavy atom. The second kappa shape index (κ2) is 4.00. The first-order chi connectivity index (χ1) is 8.84. The molecule has 3 rings (SSSR count). The fraction of sp³-hybridized carbons (Fsp3) is 0.812. The molecule has 2 fully saturated rings. The van der Waals surface area contributed by atoms with Crippen LogP contribution in [0.1, 0.15) is 59.9 Å². The molecule has 0 radical (unpaired) electrons. The van der Waals surface area contributed by atoms with Crippen LogP contribution in [0.25, 0.3) is 0 Å². The molecule has 3 nitrogen and oxygen atoms in total. The molecule has 1 N–H and O–H groups in total. The molecule has 1 aromatic rings. The molecule has 2 aliphatic rings. The monoisotopic (exact) mass is 261 g/mol. The zero-order valence-corrected chi connectivity index (χ0v) is 12.9. The lowest BCUT2D eigenvalue weighted by Crippen LogP contribution is -2.40. The Bertz CT molecular complexity index is 474. The van der Waals surface area contributed by atoms with Gasteiger partial charge in [0.2, 0.25) is 0 Å². The van der Waals surface area contributed by atoms with Gasteiger partial charge in [-0.25, -0.2) is 0 Å². The van der Waals surface area contributed by atoms with Crippen molar-refractivity contribution in [1.82, 2.24) is 9.78 Å². The maximum atomic E-state index is 4.43. The topological polar surface area (TPSA) is 29.9 Å². The minimum Gasteiger partial charge on any atom is -0.379 e. The first-order valence-electron chi connectivity index (χ1n) is 7.65. The van der Waals surface area contributed by atoms with Gasteiger partial charge in [0, 0.05) is 18.3 Å². The average Bonchev–Trinajstić information content (AvgIpc) is 2.92. The Morgan fingerprint density at radius 1 is 1.37 bits per heavy atom. The van der Waals surface area contributed by atoms with Crippen molar-refractivity contribution < 1.29 is 0 Å². The SMILES string of the molecule is CC(C)n1cc(NC2CC3CCC2(C)C3(C)C)cn1. The fourth-order valence-electron chi connectivity index (χ4n) is 4.32. The molecule has 0 aromatic carbocycles. The van der Waals surface area contributed by atoms with Gasteiger partial charge in [0.15, 0.2) is 0 Å². The zero-order chi connectivity index (χ0) is 13.8. The Kier molecular flexibility index (Phi) is 2.74. The van der Waals surface area contributed by atoms with Crippen LogP contribution in [-0.4, -0.2) is 15.8 Å². The van der Waals surface area contributed by atoms with E-state index in [9.17, 15) is 0 Å². The highest BCUT2D eigenvalue weighted by Crippen LogP contribution is 2.65. The number of anilines is 1. The van der Waals surface area contributed by atoms with Crippen molar-refractivity contribution in [1.29, 1.82) is 0 Å². The Balaban J connectivity index is 1.78. The van der Waals surface area contributed by atoms with Gasteiger partial charge in [-0.15, -0.1) is 0 Å². The lowest BCUT2D eigenvalue weighted by atomic mass is 9.69. The van der Waals surface area contributed by atoms with Gasteiger partial charge < -0.3 is 5.32 Å². The third-order valence-electron chi connectivity index (χ3n) is 6.27. The largest absolute Gasteiger partial charge is 0.379 e. The summed E-state index contributed by atoms with van der Waals surface area (Å²) in [6.45, 7) is 11.7. The highest BCUT2D eigenvalue weighted by atomic mass is 15.3. The van der Waals surface area contributed by atoms with Crippen molar-refractivity contribution in [3.05, 3.63) is 12.4 Å². The number of fused-ring (bicyclic) bond motifs is 2. The predicted octanol–water partition coefficient (Wildman–Crippen LogP) is 4.09. The highest BCUT2D eigenvalue weighted by molar-refractivity contribution is 5.41. The maximum Gasteiger partial charge on any atom is 0.0728 e. The van der Waals surface area contributed by atoms with Crippen LogP contribution >= 0.6 is 0 Å². The van der Waals surface area contributed by atoms with Crippen molar-refractivity contribution in [2.75, 3.05) is 5.32 Å². The summed E-state index contributed by atoms with van der Waals surface area (Å²) >= 11 is 0. The Morgan fingerprint density at radius 2 is 2.11 bits per heavy atom. The van der Waals surface area contributed by atoms with Gasteiger partial charge in [-0.2, -0.15) is 5.10 Å². The van der Waals surface area contributed by atoms with E-state index in [2.05, 4.69) is 51.2 Å². The fourth-order valence-corrected chi connectivity index (χ4v) is 4.32. The molecule has 0 aliphatic heterocycles. The molecule has 1 aromatic heterocycles. The summed E-state index contributed by atoms with van der Waals surface area (Å²) in [4.78, 5) is 0. The molecule has 0 saturated heterocycles. The molecule has 2 saturated carbocycles. The summed E-state index contributed by atoms with van der Waals surface area (Å²) < 4.78 is 2.03. The summed E-state index contributed by atoms with van der Waals surface area (Å²) in [5.74, 6) is 0.884. The summed E-state index contributed by atoms with van der Waals surface area (Å²) in [6, 6.07) is 1.04. The van der Waals surface area contributed by atoms with E-state index in [1.807, 2.05) is 10.9 Å². The van der Waals surface area contributed by atoms with E-state index >= 15 is 0 Å². The molecule has 0 amide bonds. The molecule has 19 heavy (non-hydrogen) atoms. The quantitative estimate of drug-likeness (QED) is 0.888. The number of hydrogen-bond acceptors (Lipinski definition) is 2. The summed E-state index contributed by atoms with van der Waals surface area (Å²) in [7, 11) is 0. The normalized spacial score (nSPS) is 36.1. The van der Waals surface area contributed by atoms with E-state index in [-0.39, 0.29) is 0 Å². The number of rotatable bonds is 3. The van der Waals surface area contributed by atoms with Crippen LogP contribution in [0, 0.1) is 16.7 Å². The van der Waals surface area contributed by atoms with E-state index in [4.69, 9.17) is 0 Å². The van der Waals surface area contributed by atoms with Gasteiger partial charge in [-0.3, -0.25) is 4.68 Å². The minimum absolute atomic E-state index is 0.428. The number of nitrogens with zero attached hydrogens (tertiary/aromatic N) is 2. The van der Waals surface area contributed by atoms with E-state index in [0.29, 0.717) is 22.9 Å². The van der Waals surface area contributed by atoms with Crippen molar-refractivity contribution in [3.8, 4) is 0 Å². The summed E-state index contributed by atoms with van der Waals surface area (Å²) in [6.07, 6.45) is 8.21. The van der Waals surface area contributed by atoms with Crippen LogP contribution in [0.2, 0.25) is 0 Å². The standard InChI is InChI=1S/C16H27N3/c1-11(2)19-10-13(9-17-19)18-14-8-12-6-7-16(14,5)15(12,3)4/h9-12,14,18H,6-8H2,1-5H3. The molecular weight excluding hydrogens is 234 g/mol. The van der Waals surface area contributed by atoms with E-state index in [1.54, 1.807) is 0 Å². The molecule has 1 heterocycles. The van der Waals surface area contributed by atoms with Gasteiger partial charge in [-0.05, 0) is 49.9 Å². The number of nitrogens with one attached hydrogen (secondary N) is 1. The van der Waals surface area contributed by atoms with E-state index in [1.165, 1.54) is 24.9 Å². The van der Waals surface area contributed by atoms with Crippen molar-refractivity contribution in [3.63, 3.8) is 0 Å². The second-order valence-corrected chi connectivity index (χ2v) is 7.61. The highest BCUT2D eigenvalue weighted by Gasteiger charge is 2.61. The third-order valence-corrected chi connectivity index (χ3v) is 6.27. The third kappa shape index (κ3) is 1.73. The molecule has 3 atom stereocenters. The minimum atomic E-state index is 0.428. The smallest absolute Gasteiger partial charge is 0.0728 e. The Labute approximate surface area is 116 Å². The number of hydrogen-bond donors (Lipinski definition) is 1. The van der Waals surface area contributed by atoms with Crippen LogP contribution in [0.3, 0.4) is 0 Å². The van der Waals surface area contributed by atoms with Gasteiger partial charge in [0.1, 0.15) is 0 Å². The number of aromatic nitrogens is 2. The van der Waals surface area contributed by atoms with Crippen LogP contribution in [0.15, 0.2) is 12.4 Å². The summed E-state index contributed by atoms with van der Waals surface area (Å²) in [5, 5.41) is 8.19. The predicted molar refractivity (Wildman–Crippen MR) is 79.3 cm³/mol. The maximum absolute atomic E-state index is 4.43.